The van der Waals surface area contributed by atoms with Gasteiger partial charge in [-0.15, -0.1) is 0 Å². The summed E-state index contributed by atoms with van der Waals surface area (Å²) >= 11 is 6.17. The Morgan fingerprint density at radius 3 is 2.61 bits per heavy atom. The van der Waals surface area contributed by atoms with Crippen molar-refractivity contribution in [1.82, 2.24) is 9.55 Å². The highest BCUT2D eigenvalue weighted by molar-refractivity contribution is 6.34. The second-order valence-corrected chi connectivity index (χ2v) is 7.19. The number of hydrogen-bond acceptors (Lipinski definition) is 5. The summed E-state index contributed by atoms with van der Waals surface area (Å²) in [5, 5.41) is 0.259. The van der Waals surface area contributed by atoms with Crippen LogP contribution in [-0.4, -0.2) is 35.7 Å². The number of anilines is 2. The molecule has 1 heterocycles. The molecule has 0 aliphatic heterocycles. The summed E-state index contributed by atoms with van der Waals surface area (Å²) < 4.78 is 6.33. The van der Waals surface area contributed by atoms with Gasteiger partial charge >= 0.3 is 5.69 Å². The molecule has 0 aliphatic carbocycles. The fourth-order valence-corrected chi connectivity index (χ4v) is 3.06. The first-order chi connectivity index (χ1) is 13.3. The number of benzene rings is 1. The normalized spacial score (nSPS) is 11.0. The maximum Gasteiger partial charge on any atom is 0.330 e. The molecular weight excluding hydrogens is 384 g/mol. The Bertz CT molecular complexity index is 952. The molecule has 0 saturated heterocycles. The number of nitrogens with two attached hydrogens (primary N) is 1. The van der Waals surface area contributed by atoms with Gasteiger partial charge in [-0.1, -0.05) is 37.6 Å². The van der Waals surface area contributed by atoms with Crippen LogP contribution in [0.5, 0.6) is 0 Å². The number of carbonyl (C=O) groups is 1. The number of methoxy groups -OCH3 is 1. The maximum atomic E-state index is 13.2. The Hall–Kier alpha value is -2.58. The molecule has 0 unspecified atom stereocenters. The minimum Gasteiger partial charge on any atom is -0.385 e. The molecule has 8 nitrogen and oxygen atoms in total. The minimum absolute atomic E-state index is 0.0553. The van der Waals surface area contributed by atoms with Gasteiger partial charge < -0.3 is 15.4 Å². The van der Waals surface area contributed by atoms with E-state index in [1.807, 2.05) is 13.8 Å². The molecule has 3 N–H and O–H groups in total. The number of ether oxygens (including phenoxy) is 1. The number of aromatic nitrogens is 2. The fourth-order valence-electron chi connectivity index (χ4n) is 2.85. The van der Waals surface area contributed by atoms with Crippen molar-refractivity contribution in [2.75, 3.05) is 30.9 Å². The van der Waals surface area contributed by atoms with Crippen LogP contribution in [-0.2, 0) is 11.3 Å². The highest BCUT2D eigenvalue weighted by atomic mass is 35.5. The zero-order valence-electron chi connectivity index (χ0n) is 16.2. The molecule has 0 saturated carbocycles. The molecule has 0 spiro atoms. The zero-order chi connectivity index (χ0) is 20.8. The van der Waals surface area contributed by atoms with Gasteiger partial charge in [-0.05, 0) is 24.5 Å². The molecular formula is C19H25ClN4O4. The van der Waals surface area contributed by atoms with Crippen LogP contribution >= 0.6 is 11.6 Å². The zero-order valence-corrected chi connectivity index (χ0v) is 17.0. The second-order valence-electron chi connectivity index (χ2n) is 6.78. The predicted octanol–water partition coefficient (Wildman–Crippen LogP) is 2.11. The summed E-state index contributed by atoms with van der Waals surface area (Å²) in [5.74, 6) is -0.422. The lowest BCUT2D eigenvalue weighted by atomic mass is 10.1. The van der Waals surface area contributed by atoms with E-state index in [4.69, 9.17) is 22.1 Å². The number of aromatic amines is 1. The summed E-state index contributed by atoms with van der Waals surface area (Å²) in [6.07, 6.45) is 0.467. The predicted molar refractivity (Wildman–Crippen MR) is 110 cm³/mol. The second kappa shape index (κ2) is 9.57. The van der Waals surface area contributed by atoms with Gasteiger partial charge in [0.15, 0.2) is 5.69 Å². The van der Waals surface area contributed by atoms with Crippen molar-refractivity contribution in [3.63, 3.8) is 0 Å². The van der Waals surface area contributed by atoms with Gasteiger partial charge in [-0.25, -0.2) is 4.79 Å². The quantitative estimate of drug-likeness (QED) is 0.650. The Morgan fingerprint density at radius 2 is 2.00 bits per heavy atom. The summed E-state index contributed by atoms with van der Waals surface area (Å²) in [5.41, 5.74) is 5.02. The summed E-state index contributed by atoms with van der Waals surface area (Å²) in [4.78, 5) is 41.5. The monoisotopic (exact) mass is 408 g/mol. The third-order valence-corrected chi connectivity index (χ3v) is 4.44. The Morgan fingerprint density at radius 1 is 1.32 bits per heavy atom. The third kappa shape index (κ3) is 4.82. The fraction of sp³-hybridized carbons (Fsp3) is 0.421. The van der Waals surface area contributed by atoms with Gasteiger partial charge in [0.2, 0.25) is 0 Å². The minimum atomic E-state index is -0.722. The lowest BCUT2D eigenvalue weighted by Gasteiger charge is -2.25. The topological polar surface area (TPSA) is 110 Å². The van der Waals surface area contributed by atoms with Gasteiger partial charge in [0, 0.05) is 26.8 Å². The van der Waals surface area contributed by atoms with E-state index in [0.29, 0.717) is 19.6 Å². The van der Waals surface area contributed by atoms with Crippen molar-refractivity contribution >= 4 is 29.0 Å². The number of rotatable bonds is 8. The molecule has 0 radical (unpaired) electrons. The van der Waals surface area contributed by atoms with Crippen LogP contribution in [0.3, 0.4) is 0 Å². The SMILES string of the molecule is COCCCN(C(=O)c1ccccc1Cl)c1c(N)n(CC(C)C)c(=O)[nH]c1=O. The van der Waals surface area contributed by atoms with Crippen LogP contribution < -0.4 is 21.9 Å². The number of halogens is 1. The molecule has 0 aliphatic rings. The van der Waals surface area contributed by atoms with Crippen LogP contribution in [0.2, 0.25) is 5.02 Å². The van der Waals surface area contributed by atoms with E-state index in [0.717, 1.165) is 0 Å². The first-order valence-corrected chi connectivity index (χ1v) is 9.33. The van der Waals surface area contributed by atoms with Crippen LogP contribution in [0.1, 0.15) is 30.6 Å². The molecule has 0 atom stereocenters. The number of nitrogen functional groups attached to an aromatic ring is 1. The van der Waals surface area contributed by atoms with Crippen molar-refractivity contribution in [2.24, 2.45) is 5.92 Å². The Balaban J connectivity index is 2.61. The molecule has 1 aromatic heterocycles. The van der Waals surface area contributed by atoms with Gasteiger partial charge in [-0.2, -0.15) is 0 Å². The molecule has 1 amide bonds. The molecule has 0 fully saturated rings. The largest absolute Gasteiger partial charge is 0.385 e. The lowest BCUT2D eigenvalue weighted by molar-refractivity contribution is 0.0983. The van der Waals surface area contributed by atoms with Crippen molar-refractivity contribution in [1.29, 1.82) is 0 Å². The number of amides is 1. The van der Waals surface area contributed by atoms with Crippen LogP contribution in [0.15, 0.2) is 33.9 Å². The summed E-state index contributed by atoms with van der Waals surface area (Å²) in [7, 11) is 1.55. The maximum absolute atomic E-state index is 13.2. The third-order valence-electron chi connectivity index (χ3n) is 4.11. The molecule has 0 bridgehead atoms. The van der Waals surface area contributed by atoms with E-state index < -0.39 is 17.2 Å². The Kier molecular flexibility index (Phi) is 7.42. The van der Waals surface area contributed by atoms with E-state index in [9.17, 15) is 14.4 Å². The summed E-state index contributed by atoms with van der Waals surface area (Å²) in [6.45, 7) is 4.70. The number of nitrogens with one attached hydrogen (secondary N) is 1. The number of H-pyrrole nitrogens is 1. The molecule has 2 rings (SSSR count). The molecule has 9 heteroatoms. The van der Waals surface area contributed by atoms with Crippen LogP contribution in [0.25, 0.3) is 0 Å². The smallest absolute Gasteiger partial charge is 0.330 e. The van der Waals surface area contributed by atoms with Gasteiger partial charge in [0.25, 0.3) is 11.5 Å². The van der Waals surface area contributed by atoms with Crippen LogP contribution in [0, 0.1) is 5.92 Å². The number of nitrogens with zero attached hydrogens (tertiary/aromatic N) is 2. The highest BCUT2D eigenvalue weighted by Crippen LogP contribution is 2.23. The molecule has 1 aromatic carbocycles. The molecule has 2 aromatic rings. The van der Waals surface area contributed by atoms with Crippen LogP contribution in [0.4, 0.5) is 11.5 Å². The number of carbonyl (C=O) groups excluding carboxylic acids is 1. The van der Waals surface area contributed by atoms with Crippen molar-refractivity contribution in [2.45, 2.75) is 26.8 Å². The molecule has 28 heavy (non-hydrogen) atoms. The number of hydrogen-bond donors (Lipinski definition) is 2. The first-order valence-electron chi connectivity index (χ1n) is 8.95. The average Bonchev–Trinajstić information content (AvgIpc) is 2.63. The van der Waals surface area contributed by atoms with Gasteiger partial charge in [0.05, 0.1) is 10.6 Å². The lowest BCUT2D eigenvalue weighted by Crippen LogP contribution is -2.42. The van der Waals surface area contributed by atoms with Gasteiger partial charge in [0.1, 0.15) is 5.82 Å². The van der Waals surface area contributed by atoms with Crippen molar-refractivity contribution in [3.05, 3.63) is 55.7 Å². The summed E-state index contributed by atoms with van der Waals surface area (Å²) in [6, 6.07) is 6.55. The Labute approximate surface area is 167 Å². The first kappa shape index (κ1) is 21.7. The highest BCUT2D eigenvalue weighted by Gasteiger charge is 2.26. The van der Waals surface area contributed by atoms with Gasteiger partial charge in [-0.3, -0.25) is 19.1 Å². The van der Waals surface area contributed by atoms with E-state index in [-0.39, 0.29) is 34.6 Å². The van der Waals surface area contributed by atoms with E-state index in [2.05, 4.69) is 4.98 Å². The van der Waals surface area contributed by atoms with E-state index >= 15 is 0 Å². The van der Waals surface area contributed by atoms with E-state index in [1.54, 1.807) is 31.4 Å². The molecule has 152 valence electrons. The van der Waals surface area contributed by atoms with Crippen molar-refractivity contribution in [3.8, 4) is 0 Å². The van der Waals surface area contributed by atoms with Crippen molar-refractivity contribution < 1.29 is 9.53 Å². The average molecular weight is 409 g/mol. The standard InChI is InChI=1S/C19H25ClN4O4/c1-12(2)11-24-16(21)15(17(25)22-19(24)27)23(9-6-10-28-3)18(26)13-7-4-5-8-14(13)20/h4-5,7-8,12H,6,9-11,21H2,1-3H3,(H,22,25,27). The van der Waals surface area contributed by atoms with E-state index in [1.165, 1.54) is 9.47 Å².